The molecular weight excluding hydrogens is 252 g/mol. The maximum Gasteiger partial charge on any atom is 0.340 e. The number of anilines is 2. The van der Waals surface area contributed by atoms with E-state index in [-0.39, 0.29) is 0 Å². The van der Waals surface area contributed by atoms with E-state index in [9.17, 15) is 0 Å². The maximum absolute atomic E-state index is 5.68. The van der Waals surface area contributed by atoms with Crippen molar-refractivity contribution in [1.82, 2.24) is 9.97 Å². The third-order valence-electron chi connectivity index (χ3n) is 2.88. The molecule has 6 heteroatoms. The first-order valence-corrected chi connectivity index (χ1v) is 6.09. The molecule has 4 N–H and O–H groups in total. The van der Waals surface area contributed by atoms with E-state index >= 15 is 0 Å². The van der Waals surface area contributed by atoms with Crippen LogP contribution in [0.5, 0.6) is 0 Å². The summed E-state index contributed by atoms with van der Waals surface area (Å²) in [7, 11) is 0. The normalized spacial score (nSPS) is 10.4. The van der Waals surface area contributed by atoms with Crippen molar-refractivity contribution in [1.29, 1.82) is 0 Å². The van der Waals surface area contributed by atoms with Gasteiger partial charge in [-0.1, -0.05) is 0 Å². The van der Waals surface area contributed by atoms with Gasteiger partial charge in [-0.05, 0) is 9.97 Å². The summed E-state index contributed by atoms with van der Waals surface area (Å²) in [5.74, 6) is 1.53. The molecule has 0 atom stereocenters. The van der Waals surface area contributed by atoms with Crippen molar-refractivity contribution in [2.75, 3.05) is 11.5 Å². The van der Waals surface area contributed by atoms with Crippen LogP contribution in [0.15, 0.2) is 61.4 Å². The van der Waals surface area contributed by atoms with Crippen molar-refractivity contribution in [3.8, 4) is 11.6 Å². The fraction of sp³-hybridized carbons (Fsp3) is 0. The SMILES string of the molecule is Nc1cc[n+](-c2cc(-[n+]3ccc(N)cc3)ncn2)cc1. The van der Waals surface area contributed by atoms with Gasteiger partial charge in [0.05, 0.1) is 24.8 Å². The molecule has 0 radical (unpaired) electrons. The van der Waals surface area contributed by atoms with Gasteiger partial charge in [0, 0.05) is 35.6 Å². The van der Waals surface area contributed by atoms with E-state index in [1.165, 1.54) is 6.33 Å². The second-order valence-electron chi connectivity index (χ2n) is 4.31. The first kappa shape index (κ1) is 12.0. The molecule has 0 saturated carbocycles. The number of nitrogens with zero attached hydrogens (tertiary/aromatic N) is 4. The van der Waals surface area contributed by atoms with Gasteiger partial charge in [-0.3, -0.25) is 0 Å². The zero-order chi connectivity index (χ0) is 13.9. The largest absolute Gasteiger partial charge is 0.399 e. The number of hydrogen-bond acceptors (Lipinski definition) is 4. The summed E-state index contributed by atoms with van der Waals surface area (Å²) in [6.45, 7) is 0. The van der Waals surface area contributed by atoms with E-state index in [1.807, 2.05) is 64.3 Å². The molecule has 98 valence electrons. The smallest absolute Gasteiger partial charge is 0.340 e. The summed E-state index contributed by atoms with van der Waals surface area (Å²) >= 11 is 0. The van der Waals surface area contributed by atoms with Gasteiger partial charge in [0.2, 0.25) is 0 Å². The van der Waals surface area contributed by atoms with Gasteiger partial charge in [-0.15, -0.1) is 0 Å². The molecule has 0 aliphatic heterocycles. The summed E-state index contributed by atoms with van der Waals surface area (Å²) < 4.78 is 3.75. The Kier molecular flexibility index (Phi) is 2.96. The van der Waals surface area contributed by atoms with Crippen molar-refractivity contribution in [3.63, 3.8) is 0 Å². The van der Waals surface area contributed by atoms with Gasteiger partial charge < -0.3 is 11.5 Å². The zero-order valence-electron chi connectivity index (χ0n) is 10.7. The Bertz CT molecular complexity index is 661. The number of nitrogen functional groups attached to an aromatic ring is 2. The van der Waals surface area contributed by atoms with Crippen LogP contribution in [0.1, 0.15) is 0 Å². The molecule has 0 aromatic carbocycles. The highest BCUT2D eigenvalue weighted by Gasteiger charge is 2.16. The van der Waals surface area contributed by atoms with Crippen LogP contribution in [-0.2, 0) is 0 Å². The molecule has 0 unspecified atom stereocenters. The fourth-order valence-corrected chi connectivity index (χ4v) is 1.80. The minimum atomic E-state index is 0.712. The Hall–Kier alpha value is -3.02. The minimum Gasteiger partial charge on any atom is -0.399 e. The van der Waals surface area contributed by atoms with Crippen molar-refractivity contribution in [3.05, 3.63) is 61.4 Å². The van der Waals surface area contributed by atoms with Gasteiger partial charge >= 0.3 is 18.0 Å². The average molecular weight is 266 g/mol. The summed E-state index contributed by atoms with van der Waals surface area (Å²) in [6.07, 6.45) is 8.95. The van der Waals surface area contributed by atoms with Gasteiger partial charge in [-0.25, -0.2) is 9.13 Å². The third-order valence-corrected chi connectivity index (χ3v) is 2.88. The van der Waals surface area contributed by atoms with Crippen LogP contribution in [0.25, 0.3) is 11.6 Å². The van der Waals surface area contributed by atoms with E-state index in [0.29, 0.717) is 11.4 Å². The van der Waals surface area contributed by atoms with Crippen LogP contribution in [0.2, 0.25) is 0 Å². The second-order valence-corrected chi connectivity index (χ2v) is 4.31. The van der Waals surface area contributed by atoms with Crippen LogP contribution in [0, 0.1) is 0 Å². The highest BCUT2D eigenvalue weighted by molar-refractivity contribution is 5.34. The Morgan fingerprint density at radius 1 is 0.700 bits per heavy atom. The summed E-state index contributed by atoms with van der Waals surface area (Å²) in [5.41, 5.74) is 12.8. The fourth-order valence-electron chi connectivity index (χ4n) is 1.80. The molecule has 3 heterocycles. The molecule has 3 rings (SSSR count). The highest BCUT2D eigenvalue weighted by Crippen LogP contribution is 2.01. The van der Waals surface area contributed by atoms with Gasteiger partial charge in [-0.2, -0.15) is 0 Å². The average Bonchev–Trinajstić information content (AvgIpc) is 2.49. The second kappa shape index (κ2) is 4.93. The quantitative estimate of drug-likeness (QED) is 0.649. The summed E-state index contributed by atoms with van der Waals surface area (Å²) in [4.78, 5) is 8.51. The molecule has 6 nitrogen and oxygen atoms in total. The van der Waals surface area contributed by atoms with Crippen LogP contribution in [0.4, 0.5) is 11.4 Å². The molecule has 3 aromatic rings. The lowest BCUT2D eigenvalue weighted by atomic mass is 10.4. The Labute approximate surface area is 116 Å². The van der Waals surface area contributed by atoms with Gasteiger partial charge in [0.25, 0.3) is 0 Å². The van der Waals surface area contributed by atoms with Gasteiger partial charge in [0.15, 0.2) is 0 Å². The number of hydrogen-bond donors (Lipinski definition) is 2. The molecular formula is C14H14N6+2. The third kappa shape index (κ3) is 2.39. The van der Waals surface area contributed by atoms with Crippen molar-refractivity contribution in [2.45, 2.75) is 0 Å². The van der Waals surface area contributed by atoms with Crippen LogP contribution < -0.4 is 20.6 Å². The standard InChI is InChI=1S/C14H12N6/c15-11-1-5-19(6-2-11)13-9-14(18-10-17-13)20-7-3-12(16)4-8-20/h1-10,15-16H/p+2. The Balaban J connectivity index is 2.01. The highest BCUT2D eigenvalue weighted by atomic mass is 15.1. The first-order valence-electron chi connectivity index (χ1n) is 6.09. The lowest BCUT2D eigenvalue weighted by Gasteiger charge is -1.97. The number of rotatable bonds is 2. The first-order chi connectivity index (χ1) is 9.72. The molecule has 0 spiro atoms. The van der Waals surface area contributed by atoms with Crippen LogP contribution in [-0.4, -0.2) is 9.97 Å². The molecule has 0 amide bonds. The summed E-state index contributed by atoms with van der Waals surface area (Å²) in [5, 5.41) is 0. The van der Waals surface area contributed by atoms with E-state index in [1.54, 1.807) is 0 Å². The van der Waals surface area contributed by atoms with Crippen molar-refractivity contribution < 1.29 is 9.13 Å². The van der Waals surface area contributed by atoms with E-state index in [0.717, 1.165) is 11.6 Å². The van der Waals surface area contributed by atoms with Crippen LogP contribution in [0.3, 0.4) is 0 Å². The molecule has 0 aliphatic carbocycles. The predicted octanol–water partition coefficient (Wildman–Crippen LogP) is 0.194. The van der Waals surface area contributed by atoms with Crippen molar-refractivity contribution >= 4 is 11.4 Å². The van der Waals surface area contributed by atoms with E-state index in [2.05, 4.69) is 9.97 Å². The molecule has 0 fully saturated rings. The monoisotopic (exact) mass is 266 g/mol. The van der Waals surface area contributed by atoms with E-state index in [4.69, 9.17) is 11.5 Å². The minimum absolute atomic E-state index is 0.712. The van der Waals surface area contributed by atoms with Crippen molar-refractivity contribution in [2.24, 2.45) is 0 Å². The van der Waals surface area contributed by atoms with Gasteiger partial charge in [0.1, 0.15) is 6.07 Å². The molecule has 20 heavy (non-hydrogen) atoms. The Morgan fingerprint density at radius 3 is 1.50 bits per heavy atom. The Morgan fingerprint density at radius 2 is 1.10 bits per heavy atom. The topological polar surface area (TPSA) is 85.6 Å². The lowest BCUT2D eigenvalue weighted by molar-refractivity contribution is -0.608. The zero-order valence-corrected chi connectivity index (χ0v) is 10.7. The summed E-state index contributed by atoms with van der Waals surface area (Å²) in [6, 6.07) is 9.15. The molecule has 0 aliphatic rings. The maximum atomic E-state index is 5.68. The van der Waals surface area contributed by atoms with E-state index < -0.39 is 0 Å². The number of pyridine rings is 2. The molecule has 0 saturated heterocycles. The molecule has 0 bridgehead atoms. The lowest BCUT2D eigenvalue weighted by Crippen LogP contribution is -2.35. The predicted molar refractivity (Wildman–Crippen MR) is 73.9 cm³/mol. The molecule has 3 aromatic heterocycles. The number of nitrogens with two attached hydrogens (primary N) is 2. The van der Waals surface area contributed by atoms with Crippen LogP contribution >= 0.6 is 0 Å². The number of aromatic nitrogens is 4.